The zero-order chi connectivity index (χ0) is 30.0. The fraction of sp³-hybridized carbons (Fsp3) is 0.500. The highest BCUT2D eigenvalue weighted by Gasteiger charge is 2.28. The third-order valence-corrected chi connectivity index (χ3v) is 9.13. The Kier molecular flexibility index (Phi) is 9.37. The molecule has 1 aromatic heterocycles. The number of halogens is 2. The van der Waals surface area contributed by atoms with E-state index in [1.807, 2.05) is 0 Å². The summed E-state index contributed by atoms with van der Waals surface area (Å²) in [7, 11) is 2.22. The van der Waals surface area contributed by atoms with E-state index in [1.54, 1.807) is 26.1 Å². The molecular weight excluding hydrogens is 597 g/mol. The minimum Gasteiger partial charge on any atom is -0.386 e. The highest BCUT2D eigenvalue weighted by Crippen LogP contribution is 2.35. The van der Waals surface area contributed by atoms with Crippen LogP contribution >= 0.6 is 15.9 Å². The van der Waals surface area contributed by atoms with Crippen molar-refractivity contribution in [3.8, 4) is 0 Å². The normalized spacial score (nSPS) is 17.5. The maximum Gasteiger partial charge on any atom is 0.229 e. The van der Waals surface area contributed by atoms with Gasteiger partial charge >= 0.3 is 0 Å². The van der Waals surface area contributed by atoms with Gasteiger partial charge in [-0.2, -0.15) is 4.98 Å². The highest BCUT2D eigenvalue weighted by molar-refractivity contribution is 9.10. The van der Waals surface area contributed by atoms with Crippen LogP contribution in [0, 0.1) is 12.7 Å². The molecule has 42 heavy (non-hydrogen) atoms. The van der Waals surface area contributed by atoms with Gasteiger partial charge in [0.15, 0.2) is 0 Å². The molecule has 2 saturated heterocycles. The molecule has 5 rings (SSSR count). The number of rotatable bonds is 8. The fourth-order valence-electron chi connectivity index (χ4n) is 6.03. The van der Waals surface area contributed by atoms with Gasteiger partial charge in [-0.3, -0.25) is 4.90 Å². The van der Waals surface area contributed by atoms with Crippen molar-refractivity contribution in [3.63, 3.8) is 0 Å². The van der Waals surface area contributed by atoms with Crippen molar-refractivity contribution < 1.29 is 9.50 Å². The van der Waals surface area contributed by atoms with Crippen LogP contribution in [0.3, 0.4) is 0 Å². The predicted molar refractivity (Wildman–Crippen MR) is 173 cm³/mol. The second kappa shape index (κ2) is 12.8. The standard InChI is InChI=1S/C32H43BrFN7O/c1-6-22-18-27(21(2)17-29(22)41-11-9-24(10-12-41)40-15-13-39(5)14-16-40)37-31-35-20-26(33)30(38-31)36-28-19-23(34)7-8-25(28)32(3,4)42/h7-8,17-20,24,42H,6,9-16H2,1-5H3,(H2,35,36,37,38). The van der Waals surface area contributed by atoms with Gasteiger partial charge in [-0.05, 0) is 98.4 Å². The molecule has 0 bridgehead atoms. The van der Waals surface area contributed by atoms with Gasteiger partial charge in [0.1, 0.15) is 11.6 Å². The summed E-state index contributed by atoms with van der Waals surface area (Å²) >= 11 is 3.51. The summed E-state index contributed by atoms with van der Waals surface area (Å²) < 4.78 is 14.7. The van der Waals surface area contributed by atoms with Crippen molar-refractivity contribution in [2.45, 2.75) is 58.6 Å². The van der Waals surface area contributed by atoms with Crippen LogP contribution in [0.5, 0.6) is 0 Å². The number of likely N-dealkylation sites (N-methyl/N-ethyl adjacent to an activating group) is 1. The SMILES string of the molecule is CCc1cc(Nc2ncc(Br)c(Nc3cc(F)ccc3C(C)(C)O)n2)c(C)cc1N1CCC(N2CCN(C)CC2)CC1. The number of benzene rings is 2. The van der Waals surface area contributed by atoms with Crippen molar-refractivity contribution in [2.75, 3.05) is 61.8 Å². The molecule has 3 heterocycles. The van der Waals surface area contributed by atoms with Gasteiger partial charge in [0.2, 0.25) is 5.95 Å². The molecule has 0 unspecified atom stereocenters. The number of piperidine rings is 1. The zero-order valence-corrected chi connectivity index (χ0v) is 26.9. The monoisotopic (exact) mass is 639 g/mol. The quantitative estimate of drug-likeness (QED) is 0.270. The molecule has 3 N–H and O–H groups in total. The number of hydrogen-bond donors (Lipinski definition) is 3. The summed E-state index contributed by atoms with van der Waals surface area (Å²) in [6, 6.07) is 9.48. The number of aryl methyl sites for hydroxylation is 2. The van der Waals surface area contributed by atoms with Crippen molar-refractivity contribution in [1.29, 1.82) is 0 Å². The molecule has 0 saturated carbocycles. The molecule has 2 aliphatic heterocycles. The first-order valence-electron chi connectivity index (χ1n) is 14.9. The van der Waals surface area contributed by atoms with E-state index in [4.69, 9.17) is 0 Å². The zero-order valence-electron chi connectivity index (χ0n) is 25.3. The van der Waals surface area contributed by atoms with E-state index in [1.165, 1.54) is 62.4 Å². The molecule has 3 aromatic rings. The third kappa shape index (κ3) is 7.05. The van der Waals surface area contributed by atoms with Gasteiger partial charge in [0.05, 0.1) is 10.1 Å². The Labute approximate surface area is 257 Å². The largest absolute Gasteiger partial charge is 0.386 e. The Hall–Kier alpha value is -2.79. The van der Waals surface area contributed by atoms with E-state index < -0.39 is 11.4 Å². The summed E-state index contributed by atoms with van der Waals surface area (Å²) in [5.74, 6) is 0.491. The molecule has 10 heteroatoms. The van der Waals surface area contributed by atoms with Gasteiger partial charge < -0.3 is 25.5 Å². The Balaban J connectivity index is 1.31. The first kappa shape index (κ1) is 30.7. The highest BCUT2D eigenvalue weighted by atomic mass is 79.9. The molecule has 8 nitrogen and oxygen atoms in total. The van der Waals surface area contributed by atoms with E-state index in [0.29, 0.717) is 33.5 Å². The Morgan fingerprint density at radius 3 is 2.40 bits per heavy atom. The van der Waals surface area contributed by atoms with Crippen LogP contribution in [0.15, 0.2) is 41.0 Å². The Bertz CT molecular complexity index is 1400. The minimum atomic E-state index is -1.16. The van der Waals surface area contributed by atoms with Crippen LogP contribution in [0.1, 0.15) is 50.3 Å². The van der Waals surface area contributed by atoms with Gasteiger partial charge in [-0.25, -0.2) is 9.37 Å². The molecular formula is C32H43BrFN7O. The number of nitrogens with one attached hydrogen (secondary N) is 2. The molecule has 2 aliphatic rings. The van der Waals surface area contributed by atoms with E-state index in [-0.39, 0.29) is 0 Å². The number of anilines is 5. The first-order valence-corrected chi connectivity index (χ1v) is 15.7. The average Bonchev–Trinajstić information content (AvgIpc) is 2.95. The number of piperazine rings is 1. The molecule has 226 valence electrons. The topological polar surface area (TPSA) is 79.8 Å². The maximum absolute atomic E-state index is 14.1. The Morgan fingerprint density at radius 1 is 1.02 bits per heavy atom. The average molecular weight is 641 g/mol. The van der Waals surface area contributed by atoms with Crippen LogP contribution in [-0.4, -0.2) is 77.2 Å². The fourth-order valence-corrected chi connectivity index (χ4v) is 6.32. The van der Waals surface area contributed by atoms with E-state index in [0.717, 1.165) is 30.8 Å². The van der Waals surface area contributed by atoms with Crippen LogP contribution in [0.4, 0.5) is 33.2 Å². The summed E-state index contributed by atoms with van der Waals surface area (Å²) in [5, 5.41) is 17.2. The summed E-state index contributed by atoms with van der Waals surface area (Å²) in [6.07, 6.45) is 5.00. The van der Waals surface area contributed by atoms with Crippen molar-refractivity contribution in [1.82, 2.24) is 19.8 Å². The van der Waals surface area contributed by atoms with Gasteiger partial charge in [-0.1, -0.05) is 13.0 Å². The maximum atomic E-state index is 14.1. The lowest BCUT2D eigenvalue weighted by atomic mass is 9.96. The number of hydrogen-bond acceptors (Lipinski definition) is 8. The van der Waals surface area contributed by atoms with Gasteiger partial charge in [-0.15, -0.1) is 0 Å². The van der Waals surface area contributed by atoms with Crippen molar-refractivity contribution in [3.05, 3.63) is 63.5 Å². The van der Waals surface area contributed by atoms with Crippen molar-refractivity contribution in [2.24, 2.45) is 0 Å². The van der Waals surface area contributed by atoms with Crippen LogP contribution in [0.25, 0.3) is 0 Å². The molecule has 0 radical (unpaired) electrons. The molecule has 0 spiro atoms. The van der Waals surface area contributed by atoms with Crippen LogP contribution < -0.4 is 15.5 Å². The lowest BCUT2D eigenvalue weighted by Crippen LogP contribution is -2.52. The summed E-state index contributed by atoms with van der Waals surface area (Å²) in [6.45, 7) is 14.5. The molecule has 0 amide bonds. The van der Waals surface area contributed by atoms with Crippen LogP contribution in [-0.2, 0) is 12.0 Å². The third-order valence-electron chi connectivity index (χ3n) is 8.55. The number of aromatic nitrogens is 2. The molecule has 0 aliphatic carbocycles. The second-order valence-electron chi connectivity index (χ2n) is 12.1. The lowest BCUT2D eigenvalue weighted by molar-refractivity contribution is 0.0793. The predicted octanol–water partition coefficient (Wildman–Crippen LogP) is 6.18. The van der Waals surface area contributed by atoms with Gasteiger partial charge in [0.25, 0.3) is 0 Å². The summed E-state index contributed by atoms with van der Waals surface area (Å²) in [4.78, 5) is 16.8. The molecule has 2 aromatic carbocycles. The summed E-state index contributed by atoms with van der Waals surface area (Å²) in [5.41, 5.74) is 4.55. The smallest absolute Gasteiger partial charge is 0.229 e. The molecule has 0 atom stereocenters. The molecule has 2 fully saturated rings. The minimum absolute atomic E-state index is 0.402. The van der Waals surface area contributed by atoms with E-state index in [9.17, 15) is 9.50 Å². The first-order chi connectivity index (χ1) is 20.0. The van der Waals surface area contributed by atoms with Crippen LogP contribution in [0.2, 0.25) is 0 Å². The number of aliphatic hydroxyl groups is 1. The lowest BCUT2D eigenvalue weighted by Gasteiger charge is -2.43. The van der Waals surface area contributed by atoms with E-state index >= 15 is 0 Å². The number of nitrogens with zero attached hydrogens (tertiary/aromatic N) is 5. The van der Waals surface area contributed by atoms with Gasteiger partial charge in [0, 0.05) is 74.1 Å². The van der Waals surface area contributed by atoms with E-state index in [2.05, 4.69) is 84.3 Å². The second-order valence-corrected chi connectivity index (χ2v) is 13.0. The Morgan fingerprint density at radius 2 is 1.74 bits per heavy atom. The van der Waals surface area contributed by atoms with Crippen molar-refractivity contribution >= 4 is 44.8 Å².